The first kappa shape index (κ1) is 22.9. The molecule has 1 heteroatoms. The largest absolute Gasteiger partial charge is 3.00 e. The Kier molecular flexibility index (Phi) is 52.8. The molecule has 0 nitrogen and oxygen atoms in total. The van der Waals surface area contributed by atoms with Crippen LogP contribution in [0, 0.1) is 20.6 Å². The topological polar surface area (TPSA) is 0 Å². The van der Waals surface area contributed by atoms with E-state index in [1.165, 1.54) is 18.6 Å². The summed E-state index contributed by atoms with van der Waals surface area (Å²) in [4.78, 5) is 0. The summed E-state index contributed by atoms with van der Waals surface area (Å²) in [6.07, 6.45) is 10.7. The van der Waals surface area contributed by atoms with E-state index in [4.69, 9.17) is 13.2 Å². The van der Waals surface area contributed by atoms with Crippen molar-refractivity contribution in [3.05, 3.63) is 57.5 Å². The summed E-state index contributed by atoms with van der Waals surface area (Å²) >= 11 is 0. The van der Waals surface area contributed by atoms with Crippen LogP contribution in [-0.2, 0) is 16.8 Å². The molecule has 0 N–H and O–H groups in total. The normalized spacial score (nSPS) is 6.85. The Hall–Kier alpha value is -0.534. The third-order valence-electron chi connectivity index (χ3n) is 0.839. The van der Waals surface area contributed by atoms with Crippen molar-refractivity contribution in [1.29, 1.82) is 0 Å². The average Bonchev–Trinajstić information content (AvgIpc) is 2.06. The van der Waals surface area contributed by atoms with E-state index in [-0.39, 0.29) is 24.2 Å². The Labute approximate surface area is 94.3 Å². The van der Waals surface area contributed by atoms with Crippen LogP contribution in [0.25, 0.3) is 0 Å². The monoisotopic (exact) mass is 222 g/mol. The van der Waals surface area contributed by atoms with Gasteiger partial charge in [0, 0.05) is 0 Å². The summed E-state index contributed by atoms with van der Waals surface area (Å²) < 4.78 is 0. The van der Waals surface area contributed by atoms with Gasteiger partial charge < -0.3 is 7.43 Å². The standard InChI is InChI=1S/C7H11.C4H5.CH3.Co/c1-3-5-7-6-4-2;1-3-4-2;;/h1,3,5,7H,4,6H2,2H3;1,3-4H,2H2;1H3;/q3*-1;+3. The fraction of sp³-hybridized carbons (Fsp3) is 0.250. The Morgan fingerprint density at radius 2 is 1.69 bits per heavy atom. The Balaban J connectivity index is -0.0000000600. The number of hydrogen-bond acceptors (Lipinski definition) is 0. The van der Waals surface area contributed by atoms with Crippen LogP contribution in [0.5, 0.6) is 0 Å². The average molecular weight is 222 g/mol. The predicted molar refractivity (Wildman–Crippen MR) is 58.4 cm³/mol. The zero-order valence-electron chi connectivity index (χ0n) is 8.50. The molecule has 0 saturated carbocycles. The summed E-state index contributed by atoms with van der Waals surface area (Å²) in [5.74, 6) is 0. The van der Waals surface area contributed by atoms with Gasteiger partial charge in [-0.3, -0.25) is 13.2 Å². The second-order valence-electron chi connectivity index (χ2n) is 1.84. The molecular formula is C12H19Co. The van der Waals surface area contributed by atoms with E-state index < -0.39 is 0 Å². The fourth-order valence-corrected chi connectivity index (χ4v) is 0.341. The van der Waals surface area contributed by atoms with E-state index >= 15 is 0 Å². The molecule has 0 atom stereocenters. The van der Waals surface area contributed by atoms with Gasteiger partial charge in [-0.05, 0) is 0 Å². The van der Waals surface area contributed by atoms with Crippen molar-refractivity contribution < 1.29 is 16.8 Å². The van der Waals surface area contributed by atoms with Crippen LogP contribution in [0.15, 0.2) is 37.0 Å². The molecule has 0 aliphatic carbocycles. The molecule has 0 aromatic rings. The third-order valence-corrected chi connectivity index (χ3v) is 0.839. The smallest absolute Gasteiger partial charge is 0.358 e. The molecule has 0 saturated heterocycles. The number of allylic oxidation sites excluding steroid dienone is 5. The van der Waals surface area contributed by atoms with Crippen LogP contribution in [0.3, 0.4) is 0 Å². The minimum absolute atomic E-state index is 0. The molecule has 0 fully saturated rings. The molecule has 0 spiro atoms. The maximum atomic E-state index is 5.06. The summed E-state index contributed by atoms with van der Waals surface area (Å²) in [7, 11) is 0. The van der Waals surface area contributed by atoms with Gasteiger partial charge in [-0.15, -0.1) is 0 Å². The molecule has 0 amide bonds. The zero-order valence-corrected chi connectivity index (χ0v) is 9.54. The van der Waals surface area contributed by atoms with Crippen LogP contribution in [0.4, 0.5) is 0 Å². The second kappa shape index (κ2) is 30.0. The number of unbranched alkanes of at least 4 members (excludes halogenated alkanes) is 1. The molecule has 0 aliphatic heterocycles. The van der Waals surface area contributed by atoms with Crippen molar-refractivity contribution in [1.82, 2.24) is 0 Å². The van der Waals surface area contributed by atoms with E-state index in [1.54, 1.807) is 6.08 Å². The van der Waals surface area contributed by atoms with Gasteiger partial charge in [-0.25, -0.2) is 24.3 Å². The molecule has 0 aliphatic rings. The van der Waals surface area contributed by atoms with E-state index in [0.29, 0.717) is 0 Å². The predicted octanol–water partition coefficient (Wildman–Crippen LogP) is 3.94. The molecule has 0 unspecified atom stereocenters. The Bertz CT molecular complexity index is 117. The van der Waals surface area contributed by atoms with Gasteiger partial charge in [-0.2, -0.15) is 12.7 Å². The van der Waals surface area contributed by atoms with Crippen molar-refractivity contribution >= 4 is 0 Å². The molecule has 0 aromatic carbocycles. The first-order chi connectivity index (χ1) is 5.33. The van der Waals surface area contributed by atoms with Crippen LogP contribution in [0.2, 0.25) is 0 Å². The summed E-state index contributed by atoms with van der Waals surface area (Å²) in [5, 5.41) is 0. The second-order valence-corrected chi connectivity index (χ2v) is 1.84. The van der Waals surface area contributed by atoms with Crippen molar-refractivity contribution in [3.63, 3.8) is 0 Å². The summed E-state index contributed by atoms with van der Waals surface area (Å²) in [6.45, 7) is 15.3. The summed E-state index contributed by atoms with van der Waals surface area (Å²) in [5.41, 5.74) is 0. The van der Waals surface area contributed by atoms with E-state index in [1.807, 2.05) is 6.08 Å². The van der Waals surface area contributed by atoms with Crippen LogP contribution in [-0.4, -0.2) is 0 Å². The van der Waals surface area contributed by atoms with Gasteiger partial charge in [0.15, 0.2) is 0 Å². The van der Waals surface area contributed by atoms with Crippen molar-refractivity contribution in [2.24, 2.45) is 0 Å². The van der Waals surface area contributed by atoms with E-state index in [2.05, 4.69) is 19.6 Å². The quantitative estimate of drug-likeness (QED) is 0.499. The molecule has 0 heterocycles. The van der Waals surface area contributed by atoms with Crippen LogP contribution in [0.1, 0.15) is 19.8 Å². The first-order valence-corrected chi connectivity index (χ1v) is 3.69. The molecule has 0 rings (SSSR count). The first-order valence-electron chi connectivity index (χ1n) is 3.69. The molecule has 13 heavy (non-hydrogen) atoms. The molecule has 0 aromatic heterocycles. The van der Waals surface area contributed by atoms with Gasteiger partial charge in [0.05, 0.1) is 0 Å². The Morgan fingerprint density at radius 3 is 1.92 bits per heavy atom. The molecule has 0 bridgehead atoms. The zero-order chi connectivity index (χ0) is 8.95. The maximum absolute atomic E-state index is 5.06. The van der Waals surface area contributed by atoms with Crippen molar-refractivity contribution in [2.45, 2.75) is 19.8 Å². The minimum Gasteiger partial charge on any atom is -0.358 e. The number of rotatable bonds is 4. The minimum atomic E-state index is 0. The van der Waals surface area contributed by atoms with Crippen molar-refractivity contribution in [3.8, 4) is 0 Å². The van der Waals surface area contributed by atoms with E-state index in [0.717, 1.165) is 6.42 Å². The van der Waals surface area contributed by atoms with Crippen LogP contribution >= 0.6 is 0 Å². The van der Waals surface area contributed by atoms with Gasteiger partial charge in [0.2, 0.25) is 0 Å². The third kappa shape index (κ3) is 51.5. The SMILES string of the molecule is [CH-]=CC=C.[CH-]=CC=CCCC.[CH3-].[Co+3]. The molecule has 76 valence electrons. The van der Waals surface area contributed by atoms with Gasteiger partial charge in [0.1, 0.15) is 0 Å². The maximum Gasteiger partial charge on any atom is 3.00 e. The van der Waals surface area contributed by atoms with Gasteiger partial charge >= 0.3 is 16.8 Å². The molecule has 0 radical (unpaired) electrons. The van der Waals surface area contributed by atoms with E-state index in [9.17, 15) is 0 Å². The Morgan fingerprint density at radius 1 is 1.23 bits per heavy atom. The van der Waals surface area contributed by atoms with Gasteiger partial charge in [0.25, 0.3) is 0 Å². The summed E-state index contributed by atoms with van der Waals surface area (Å²) in [6, 6.07) is 0. The number of hydrogen-bond donors (Lipinski definition) is 0. The van der Waals surface area contributed by atoms with Gasteiger partial charge in [-0.1, -0.05) is 19.8 Å². The molecular weight excluding hydrogens is 203 g/mol. The fourth-order valence-electron chi connectivity index (χ4n) is 0.341. The van der Waals surface area contributed by atoms with Crippen molar-refractivity contribution in [2.75, 3.05) is 0 Å². The van der Waals surface area contributed by atoms with Crippen LogP contribution < -0.4 is 0 Å².